The lowest BCUT2D eigenvalue weighted by Gasteiger charge is -2.17. The van der Waals surface area contributed by atoms with Crippen molar-refractivity contribution in [2.24, 2.45) is 0 Å². The van der Waals surface area contributed by atoms with E-state index in [0.29, 0.717) is 24.1 Å². The van der Waals surface area contributed by atoms with Crippen molar-refractivity contribution in [3.8, 4) is 0 Å². The maximum atomic E-state index is 11.3. The lowest BCUT2D eigenvalue weighted by Crippen LogP contribution is -2.30. The van der Waals surface area contributed by atoms with Gasteiger partial charge >= 0.3 is 5.97 Å². The summed E-state index contributed by atoms with van der Waals surface area (Å²) in [6.07, 6.45) is 2.33. The highest BCUT2D eigenvalue weighted by molar-refractivity contribution is 5.76. The maximum absolute atomic E-state index is 11.3. The van der Waals surface area contributed by atoms with Crippen molar-refractivity contribution < 1.29 is 9.90 Å². The van der Waals surface area contributed by atoms with Crippen molar-refractivity contribution in [1.29, 1.82) is 0 Å². The number of anilines is 2. The fourth-order valence-corrected chi connectivity index (χ4v) is 1.72. The summed E-state index contributed by atoms with van der Waals surface area (Å²) in [6, 6.07) is -0.678. The van der Waals surface area contributed by atoms with E-state index in [1.54, 1.807) is 4.90 Å². The van der Waals surface area contributed by atoms with Gasteiger partial charge in [-0.3, -0.25) is 0 Å². The standard InChI is InChI=1S/C14H25N5O2/c1-6-7-8-10(12(20)21)15-13-16-11(9(2)3)17-14(18-13)19(4)5/h9-10H,6-8H2,1-5H3,(H,20,21)(H,15,16,17,18). The molecule has 0 aliphatic carbocycles. The summed E-state index contributed by atoms with van der Waals surface area (Å²) in [6.45, 7) is 6.01. The molecule has 1 aromatic rings. The Kier molecular flexibility index (Phi) is 6.33. The largest absolute Gasteiger partial charge is 0.480 e. The molecule has 0 saturated heterocycles. The smallest absolute Gasteiger partial charge is 0.326 e. The molecule has 1 rings (SSSR count). The topological polar surface area (TPSA) is 91.2 Å². The Balaban J connectivity index is 3.01. The van der Waals surface area contributed by atoms with Crippen LogP contribution in [0.4, 0.5) is 11.9 Å². The number of aromatic nitrogens is 3. The molecule has 1 atom stereocenters. The monoisotopic (exact) mass is 295 g/mol. The quantitative estimate of drug-likeness (QED) is 0.759. The first-order valence-corrected chi connectivity index (χ1v) is 7.27. The van der Waals surface area contributed by atoms with E-state index in [-0.39, 0.29) is 5.92 Å². The highest BCUT2D eigenvalue weighted by Gasteiger charge is 2.19. The van der Waals surface area contributed by atoms with Crippen molar-refractivity contribution in [1.82, 2.24) is 15.0 Å². The van der Waals surface area contributed by atoms with Gasteiger partial charge in [-0.05, 0) is 6.42 Å². The molecule has 1 aromatic heterocycles. The molecule has 0 bridgehead atoms. The Labute approximate surface area is 125 Å². The van der Waals surface area contributed by atoms with Gasteiger partial charge in [0.05, 0.1) is 0 Å². The van der Waals surface area contributed by atoms with Crippen LogP contribution in [-0.4, -0.2) is 46.2 Å². The van der Waals surface area contributed by atoms with E-state index >= 15 is 0 Å². The van der Waals surface area contributed by atoms with Crippen LogP contribution in [0, 0.1) is 0 Å². The van der Waals surface area contributed by atoms with Crippen LogP contribution in [0.1, 0.15) is 51.8 Å². The number of unbranched alkanes of at least 4 members (excludes halogenated alkanes) is 1. The fourth-order valence-electron chi connectivity index (χ4n) is 1.72. The van der Waals surface area contributed by atoms with Gasteiger partial charge in [-0.15, -0.1) is 0 Å². The Morgan fingerprint density at radius 2 is 1.95 bits per heavy atom. The van der Waals surface area contributed by atoms with Gasteiger partial charge < -0.3 is 15.3 Å². The SMILES string of the molecule is CCCCC(Nc1nc(C(C)C)nc(N(C)C)n1)C(=O)O. The molecule has 1 unspecified atom stereocenters. The highest BCUT2D eigenvalue weighted by atomic mass is 16.4. The van der Waals surface area contributed by atoms with Crippen LogP contribution in [0.25, 0.3) is 0 Å². The van der Waals surface area contributed by atoms with Gasteiger partial charge in [0, 0.05) is 20.0 Å². The van der Waals surface area contributed by atoms with Gasteiger partial charge in [0.25, 0.3) is 0 Å². The van der Waals surface area contributed by atoms with Gasteiger partial charge in [0.15, 0.2) is 0 Å². The zero-order valence-electron chi connectivity index (χ0n) is 13.4. The zero-order chi connectivity index (χ0) is 16.0. The van der Waals surface area contributed by atoms with Crippen LogP contribution in [0.2, 0.25) is 0 Å². The Hall–Kier alpha value is -1.92. The summed E-state index contributed by atoms with van der Waals surface area (Å²) >= 11 is 0. The van der Waals surface area contributed by atoms with Crippen molar-refractivity contribution in [2.45, 2.75) is 52.0 Å². The normalized spacial score (nSPS) is 12.3. The Morgan fingerprint density at radius 1 is 1.29 bits per heavy atom. The minimum Gasteiger partial charge on any atom is -0.480 e. The van der Waals surface area contributed by atoms with Crippen LogP contribution in [0.5, 0.6) is 0 Å². The van der Waals surface area contributed by atoms with Crippen LogP contribution in [-0.2, 0) is 4.79 Å². The highest BCUT2D eigenvalue weighted by Crippen LogP contribution is 2.16. The molecule has 21 heavy (non-hydrogen) atoms. The average Bonchev–Trinajstić information content (AvgIpc) is 2.42. The first-order valence-electron chi connectivity index (χ1n) is 7.27. The molecule has 0 radical (unpaired) electrons. The van der Waals surface area contributed by atoms with Crippen LogP contribution < -0.4 is 10.2 Å². The van der Waals surface area contributed by atoms with E-state index in [0.717, 1.165) is 12.8 Å². The first kappa shape index (κ1) is 17.1. The van der Waals surface area contributed by atoms with E-state index in [2.05, 4.69) is 20.3 Å². The average molecular weight is 295 g/mol. The van der Waals surface area contributed by atoms with Crippen molar-refractivity contribution in [2.75, 3.05) is 24.3 Å². The molecule has 0 fully saturated rings. The fraction of sp³-hybridized carbons (Fsp3) is 0.714. The Bertz CT molecular complexity index is 450. The maximum Gasteiger partial charge on any atom is 0.326 e. The summed E-state index contributed by atoms with van der Waals surface area (Å²) in [7, 11) is 3.68. The molecule has 7 nitrogen and oxygen atoms in total. The van der Waals surface area contributed by atoms with Crippen LogP contribution >= 0.6 is 0 Å². The molecule has 1 heterocycles. The summed E-state index contributed by atoms with van der Waals surface area (Å²) in [5.41, 5.74) is 0. The van der Waals surface area contributed by atoms with Gasteiger partial charge in [0.1, 0.15) is 11.9 Å². The van der Waals surface area contributed by atoms with Crippen molar-refractivity contribution >= 4 is 17.9 Å². The second-order valence-electron chi connectivity index (χ2n) is 5.54. The van der Waals surface area contributed by atoms with Crippen LogP contribution in [0.3, 0.4) is 0 Å². The molecule has 0 aromatic carbocycles. The predicted molar refractivity (Wildman–Crippen MR) is 82.8 cm³/mol. The minimum atomic E-state index is -0.888. The van der Waals surface area contributed by atoms with Crippen molar-refractivity contribution in [3.05, 3.63) is 5.82 Å². The third kappa shape index (κ3) is 5.17. The molecule has 0 spiro atoms. The van der Waals surface area contributed by atoms with Gasteiger partial charge in [0.2, 0.25) is 11.9 Å². The number of nitrogens with zero attached hydrogens (tertiary/aromatic N) is 4. The first-order chi connectivity index (χ1) is 9.85. The second kappa shape index (κ2) is 7.75. The lowest BCUT2D eigenvalue weighted by atomic mass is 10.1. The van der Waals surface area contributed by atoms with Gasteiger partial charge in [-0.25, -0.2) is 4.79 Å². The number of nitrogens with one attached hydrogen (secondary N) is 1. The lowest BCUT2D eigenvalue weighted by molar-refractivity contribution is -0.138. The molecule has 0 amide bonds. The zero-order valence-corrected chi connectivity index (χ0v) is 13.4. The summed E-state index contributed by atoms with van der Waals surface area (Å²) < 4.78 is 0. The number of carbonyl (C=O) groups is 1. The second-order valence-corrected chi connectivity index (χ2v) is 5.54. The summed E-state index contributed by atoms with van der Waals surface area (Å²) in [5.74, 6) is 0.750. The summed E-state index contributed by atoms with van der Waals surface area (Å²) in [5, 5.41) is 12.2. The van der Waals surface area contributed by atoms with Gasteiger partial charge in [-0.2, -0.15) is 15.0 Å². The molecule has 118 valence electrons. The number of hydrogen-bond donors (Lipinski definition) is 2. The molecule has 7 heteroatoms. The number of aliphatic carboxylic acids is 1. The predicted octanol–water partition coefficient (Wildman–Crippen LogP) is 2.12. The molecule has 0 saturated carbocycles. The minimum absolute atomic E-state index is 0.145. The number of hydrogen-bond acceptors (Lipinski definition) is 6. The van der Waals surface area contributed by atoms with E-state index in [4.69, 9.17) is 0 Å². The number of carboxylic acids is 1. The number of rotatable bonds is 8. The van der Waals surface area contributed by atoms with E-state index < -0.39 is 12.0 Å². The third-order valence-electron chi connectivity index (χ3n) is 3.01. The molecule has 2 N–H and O–H groups in total. The van der Waals surface area contributed by atoms with E-state index in [1.807, 2.05) is 34.9 Å². The molecular formula is C14H25N5O2. The van der Waals surface area contributed by atoms with Crippen molar-refractivity contribution in [3.63, 3.8) is 0 Å². The Morgan fingerprint density at radius 3 is 2.43 bits per heavy atom. The van der Waals surface area contributed by atoms with E-state index in [1.165, 1.54) is 0 Å². The van der Waals surface area contributed by atoms with Crippen LogP contribution in [0.15, 0.2) is 0 Å². The summed E-state index contributed by atoms with van der Waals surface area (Å²) in [4.78, 5) is 26.0. The van der Waals surface area contributed by atoms with Gasteiger partial charge in [-0.1, -0.05) is 33.6 Å². The molecular weight excluding hydrogens is 270 g/mol. The third-order valence-corrected chi connectivity index (χ3v) is 3.01. The van der Waals surface area contributed by atoms with E-state index in [9.17, 15) is 9.90 Å². The molecule has 0 aliphatic rings. The number of carboxylic acid groups (broad SMARTS) is 1. The molecule has 0 aliphatic heterocycles.